The van der Waals surface area contributed by atoms with Crippen molar-refractivity contribution in [3.05, 3.63) is 307 Å². The summed E-state index contributed by atoms with van der Waals surface area (Å²) in [6.45, 7) is 18.4. The van der Waals surface area contributed by atoms with Crippen LogP contribution in [0.3, 0.4) is 0 Å². The molecule has 0 bridgehead atoms. The lowest BCUT2D eigenvalue weighted by molar-refractivity contribution is -0.118. The Hall–Kier alpha value is -14.2. The summed E-state index contributed by atoms with van der Waals surface area (Å²) < 4.78 is 49.7. The van der Waals surface area contributed by atoms with E-state index in [4.69, 9.17) is 48.5 Å². The molecule has 17 aromatic rings. The Balaban J connectivity index is 0.000000132. The third-order valence-corrected chi connectivity index (χ3v) is 20.5. The second kappa shape index (κ2) is 39.8. The van der Waals surface area contributed by atoms with E-state index < -0.39 is 0 Å². The fraction of sp³-hybridized carbons (Fsp3) is 0.216. The number of aliphatic hydroxyl groups excluding tert-OH is 1. The number of anilines is 1. The molecule has 121 heavy (non-hydrogen) atoms. The minimum atomic E-state index is 0.139. The van der Waals surface area contributed by atoms with Gasteiger partial charge in [-0.25, -0.2) is 24.9 Å². The number of aromatic nitrogens is 11. The van der Waals surface area contributed by atoms with Crippen molar-refractivity contribution in [1.29, 1.82) is 0 Å². The molecule has 9 heterocycles. The number of hydrogen-bond donors (Lipinski definition) is 2. The molecule has 0 radical (unpaired) electrons. The van der Waals surface area contributed by atoms with E-state index in [1.165, 1.54) is 0 Å². The van der Waals surface area contributed by atoms with Crippen LogP contribution in [0.25, 0.3) is 101 Å². The van der Waals surface area contributed by atoms with Gasteiger partial charge in [0.2, 0.25) is 23.6 Å². The zero-order valence-corrected chi connectivity index (χ0v) is 69.1. The topological polar surface area (TPSA) is 274 Å². The summed E-state index contributed by atoms with van der Waals surface area (Å²) in [6, 6.07) is 70.9. The highest BCUT2D eigenvalue weighted by Gasteiger charge is 2.22. The predicted octanol–water partition coefficient (Wildman–Crippen LogP) is 21.5. The van der Waals surface area contributed by atoms with E-state index in [0.717, 1.165) is 142 Å². The van der Waals surface area contributed by atoms with Crippen LogP contribution in [0.5, 0.6) is 17.2 Å². The number of ketones is 3. The summed E-state index contributed by atoms with van der Waals surface area (Å²) in [6.07, 6.45) is 13.1. The van der Waals surface area contributed by atoms with E-state index in [0.29, 0.717) is 118 Å². The Morgan fingerprint density at radius 1 is 0.446 bits per heavy atom. The molecular formula is C97H93ClN12O11. The maximum absolute atomic E-state index is 11.4. The summed E-state index contributed by atoms with van der Waals surface area (Å²) in [5, 5.41) is 26.0. The largest absolute Gasteiger partial charge is 0.513 e. The van der Waals surface area contributed by atoms with Gasteiger partial charge in [-0.1, -0.05) is 140 Å². The minimum Gasteiger partial charge on any atom is -0.513 e. The number of ether oxygens (including phenoxy) is 3. The van der Waals surface area contributed by atoms with Gasteiger partial charge in [-0.2, -0.15) is 10.2 Å². The number of nitrogens with one attached hydrogen (secondary N) is 1. The molecule has 0 aliphatic carbocycles. The SMILES string of the molecule is C=C(O)CCn1ncc2c(OCCc3nc(-c4ccccc4)oc3C)cccc21.CC(=O)CCn1cc(Cl)c2c(OCCc3nc(-c4ccccc4)oc3C)cccc21.CC(=O)CCn1ccc2c(NCCc3nc(-c4ccccc4)oc3C)ccnc21.CC(=O)CCn1ncc2c(OCc3nc(-c4ccccc4)oc3-c3ccccc3)cccc21. The van der Waals surface area contributed by atoms with Gasteiger partial charge >= 0.3 is 0 Å². The minimum absolute atomic E-state index is 0.139. The molecule has 0 fully saturated rings. The number of rotatable bonds is 32. The fourth-order valence-electron chi connectivity index (χ4n) is 13.9. The van der Waals surface area contributed by atoms with Gasteiger partial charge in [0.05, 0.1) is 86.2 Å². The summed E-state index contributed by atoms with van der Waals surface area (Å²) >= 11 is 6.48. The number of fused-ring (bicyclic) bond motifs is 4. The molecule has 0 saturated heterocycles. The number of aliphatic hydroxyl groups is 1. The molecule has 0 saturated carbocycles. The van der Waals surface area contributed by atoms with E-state index in [9.17, 15) is 19.5 Å². The van der Waals surface area contributed by atoms with Gasteiger partial charge in [0, 0.05) is 135 Å². The number of carbonyl (C=O) groups excluding carboxylic acids is 3. The van der Waals surface area contributed by atoms with Crippen molar-refractivity contribution in [2.75, 3.05) is 25.1 Å². The van der Waals surface area contributed by atoms with E-state index >= 15 is 0 Å². The van der Waals surface area contributed by atoms with Gasteiger partial charge < -0.3 is 51.4 Å². The molecule has 614 valence electrons. The second-order valence-corrected chi connectivity index (χ2v) is 29.5. The summed E-state index contributed by atoms with van der Waals surface area (Å²) in [7, 11) is 0. The van der Waals surface area contributed by atoms with Crippen molar-refractivity contribution in [2.24, 2.45) is 0 Å². The van der Waals surface area contributed by atoms with E-state index in [1.54, 1.807) is 39.4 Å². The molecule has 0 spiro atoms. The summed E-state index contributed by atoms with van der Waals surface area (Å²) in [4.78, 5) is 57.1. The highest BCUT2D eigenvalue weighted by atomic mass is 35.5. The van der Waals surface area contributed by atoms with Crippen LogP contribution >= 0.6 is 11.6 Å². The van der Waals surface area contributed by atoms with Crippen molar-refractivity contribution in [3.8, 4) is 74.4 Å². The van der Waals surface area contributed by atoms with Crippen LogP contribution in [0.2, 0.25) is 5.02 Å². The number of nitrogens with zero attached hydrogens (tertiary/aromatic N) is 11. The Morgan fingerprint density at radius 2 is 0.868 bits per heavy atom. The molecule has 17 rings (SSSR count). The number of Topliss-reactive ketones (excluding diaryl/α,β-unsaturated/α-hetero) is 3. The van der Waals surface area contributed by atoms with Crippen molar-refractivity contribution < 1.29 is 51.4 Å². The number of oxazole rings is 4. The molecule has 8 aromatic carbocycles. The normalized spacial score (nSPS) is 11.1. The molecule has 24 heteroatoms. The van der Waals surface area contributed by atoms with Gasteiger partial charge in [0.15, 0.2) is 5.76 Å². The lowest BCUT2D eigenvalue weighted by atomic mass is 10.1. The fourth-order valence-corrected chi connectivity index (χ4v) is 14.2. The van der Waals surface area contributed by atoms with Gasteiger partial charge in [-0.3, -0.25) is 23.7 Å². The van der Waals surface area contributed by atoms with Crippen LogP contribution < -0.4 is 19.5 Å². The summed E-state index contributed by atoms with van der Waals surface area (Å²) in [5.41, 5.74) is 13.0. The number of hydrogen-bond acceptors (Lipinski definition) is 19. The maximum atomic E-state index is 11.4. The lowest BCUT2D eigenvalue weighted by Crippen LogP contribution is -2.07. The number of benzene rings is 8. The average Bonchev–Trinajstić information content (AvgIpc) is 1.64. The first-order valence-corrected chi connectivity index (χ1v) is 40.6. The maximum Gasteiger partial charge on any atom is 0.227 e. The van der Waals surface area contributed by atoms with Crippen LogP contribution in [0.1, 0.15) is 86.5 Å². The molecule has 0 aliphatic rings. The zero-order chi connectivity index (χ0) is 84.1. The van der Waals surface area contributed by atoms with Crippen LogP contribution in [0.15, 0.2) is 279 Å². The molecule has 0 amide bonds. The second-order valence-electron chi connectivity index (χ2n) is 29.1. The third kappa shape index (κ3) is 21.2. The predicted molar refractivity (Wildman–Crippen MR) is 471 cm³/mol. The number of pyridine rings is 1. The third-order valence-electron chi connectivity index (χ3n) is 20.2. The number of allylic oxidation sites excluding steroid dienone is 1. The molecule has 0 atom stereocenters. The standard InChI is InChI=1S/C27H23N3O3.C24H23ClN2O3.C23H24N4O2.C23H23N3O3/c1-19(31)15-16-30-24-13-8-14-25(22(24)17-28-30)32-18-23-26(20-9-4-2-5-10-20)33-27(29-23)21-11-6-3-7-12-21;1-16(28)11-13-27-15-19(25)23-21(27)9-6-10-22(23)29-14-12-20-17(2)30-24(26-20)18-7-4-3-5-8-18;1-16(28)10-14-27-15-11-19-21(9-13-25-22(19)27)24-12-8-20-17(2)29-23(26-20)18-6-4-3-5-7-18;1-16(27)11-13-26-21-9-6-10-22(19(21)15-24-26)28-14-12-20-17(2)29-23(25-20)18-7-4-3-5-8-18/h2-14,17H,15-16,18H2,1H3;3-10,15H,11-14H2,1-2H3;3-7,9,11,13,15H,8,10,12,14H2,1-2H3,(H,24,25);3-10,15,27H,1,11-14H2,2H3. The quantitative estimate of drug-likeness (QED) is 0.0371. The van der Waals surface area contributed by atoms with E-state index in [2.05, 4.69) is 42.0 Å². The van der Waals surface area contributed by atoms with Crippen LogP contribution in [-0.4, -0.2) is 95.8 Å². The van der Waals surface area contributed by atoms with Crippen LogP contribution in [-0.2, 0) is 66.4 Å². The molecule has 9 aromatic heterocycles. The highest BCUT2D eigenvalue weighted by molar-refractivity contribution is 6.36. The Morgan fingerprint density at radius 3 is 1.36 bits per heavy atom. The smallest absolute Gasteiger partial charge is 0.227 e. The average molecular weight is 1640 g/mol. The molecule has 2 N–H and O–H groups in total. The van der Waals surface area contributed by atoms with Crippen molar-refractivity contribution >= 4 is 78.4 Å². The van der Waals surface area contributed by atoms with Crippen molar-refractivity contribution in [3.63, 3.8) is 0 Å². The monoisotopic (exact) mass is 1640 g/mol. The Bertz CT molecular complexity index is 6180. The molecule has 0 aliphatic heterocycles. The van der Waals surface area contributed by atoms with Gasteiger partial charge in [0.1, 0.15) is 69.8 Å². The van der Waals surface area contributed by atoms with Gasteiger partial charge in [0.25, 0.3) is 0 Å². The Kier molecular flexibility index (Phi) is 27.4. The zero-order valence-electron chi connectivity index (χ0n) is 68.3. The first-order valence-electron chi connectivity index (χ1n) is 40.2. The first kappa shape index (κ1) is 83.3. The van der Waals surface area contributed by atoms with Crippen molar-refractivity contribution in [2.45, 2.75) is 119 Å². The van der Waals surface area contributed by atoms with Crippen molar-refractivity contribution in [1.82, 2.24) is 53.6 Å². The number of aryl methyl sites for hydroxylation is 7. The number of halogens is 1. The van der Waals surface area contributed by atoms with Gasteiger partial charge in [-0.15, -0.1) is 0 Å². The van der Waals surface area contributed by atoms with Crippen LogP contribution in [0, 0.1) is 20.8 Å². The molecule has 23 nitrogen and oxygen atoms in total. The Labute approximate surface area is 704 Å². The summed E-state index contributed by atoms with van der Waals surface area (Å²) in [5.74, 6) is 8.45. The molecular weight excluding hydrogens is 1540 g/mol. The van der Waals surface area contributed by atoms with E-state index in [1.807, 2.05) is 270 Å². The lowest BCUT2D eigenvalue weighted by Gasteiger charge is -2.08. The number of carbonyl (C=O) groups is 3. The van der Waals surface area contributed by atoms with Crippen LogP contribution in [0.4, 0.5) is 5.69 Å². The van der Waals surface area contributed by atoms with Gasteiger partial charge in [-0.05, 0) is 139 Å². The van der Waals surface area contributed by atoms with E-state index in [-0.39, 0.29) is 29.7 Å². The molecule has 0 unspecified atom stereocenters. The highest BCUT2D eigenvalue weighted by Crippen LogP contribution is 2.37. The first-order chi connectivity index (χ1) is 58.9.